The van der Waals surface area contributed by atoms with Crippen molar-refractivity contribution in [3.63, 3.8) is 0 Å². The third-order valence-corrected chi connectivity index (χ3v) is 9.04. The van der Waals surface area contributed by atoms with E-state index in [0.29, 0.717) is 60.7 Å². The number of hydrogen-bond acceptors (Lipinski definition) is 26. The summed E-state index contributed by atoms with van der Waals surface area (Å²) in [7, 11) is 0. The lowest BCUT2D eigenvalue weighted by Crippen LogP contribution is -2.54. The summed E-state index contributed by atoms with van der Waals surface area (Å²) in [4.78, 5) is 81.3. The number of aromatic hydroxyl groups is 15. The first-order valence-electron chi connectivity index (χ1n) is 18.1. The van der Waals surface area contributed by atoms with Crippen LogP contribution in [-0.2, 0) is 28.5 Å². The average Bonchev–Trinajstić information content (AvgIpc) is 3.27. The number of carbonyl (C=O) groups is 6. The van der Waals surface area contributed by atoms with Crippen LogP contribution in [0.15, 0.2) is 60.7 Å². The fourth-order valence-electron chi connectivity index (χ4n) is 5.68. The molecular formula is C41H32O26. The van der Waals surface area contributed by atoms with Crippen molar-refractivity contribution in [1.29, 1.82) is 0 Å². The summed E-state index contributed by atoms with van der Waals surface area (Å²) in [6, 6.07) is 4.93. The van der Waals surface area contributed by atoms with E-state index in [1.807, 2.05) is 0 Å². The highest BCUT2D eigenvalue weighted by molar-refractivity contribution is 5.95. The van der Waals surface area contributed by atoms with Gasteiger partial charge in [0.05, 0.1) is 27.8 Å². The molecule has 0 radical (unpaired) electrons. The average molecular weight is 941 g/mol. The zero-order valence-electron chi connectivity index (χ0n) is 33.1. The Balaban J connectivity index is 1.74. The second-order valence-electron chi connectivity index (χ2n) is 13.6. The molecule has 0 aromatic heterocycles. The summed E-state index contributed by atoms with van der Waals surface area (Å²) >= 11 is 0. The molecule has 5 aromatic rings. The maximum absolute atomic E-state index is 13.9. The fourth-order valence-corrected chi connectivity index (χ4v) is 5.68. The number of aldehydes is 1. The van der Waals surface area contributed by atoms with Crippen molar-refractivity contribution in [3.05, 3.63) is 88.5 Å². The second-order valence-corrected chi connectivity index (χ2v) is 13.6. The predicted molar refractivity (Wildman–Crippen MR) is 210 cm³/mol. The van der Waals surface area contributed by atoms with Crippen molar-refractivity contribution >= 4 is 36.1 Å². The molecule has 352 valence electrons. The van der Waals surface area contributed by atoms with Crippen LogP contribution in [0.2, 0.25) is 0 Å². The molecule has 5 rings (SSSR count). The number of ether oxygens (including phenoxy) is 5. The highest BCUT2D eigenvalue weighted by atomic mass is 16.6. The lowest BCUT2D eigenvalue weighted by molar-refractivity contribution is -0.143. The molecule has 0 unspecified atom stereocenters. The molecule has 0 aliphatic heterocycles. The normalized spacial score (nSPS) is 12.7. The van der Waals surface area contributed by atoms with Crippen LogP contribution in [0.3, 0.4) is 0 Å². The first-order valence-corrected chi connectivity index (χ1v) is 18.1. The topological polar surface area (TPSA) is 452 Å². The van der Waals surface area contributed by atoms with E-state index in [1.165, 1.54) is 0 Å². The molecule has 0 amide bonds. The van der Waals surface area contributed by atoms with Gasteiger partial charge < -0.3 is 100 Å². The van der Waals surface area contributed by atoms with Gasteiger partial charge in [-0.05, 0) is 60.7 Å². The van der Waals surface area contributed by atoms with Crippen molar-refractivity contribution in [2.24, 2.45) is 0 Å². The van der Waals surface area contributed by atoms with E-state index in [0.717, 1.165) is 0 Å². The van der Waals surface area contributed by atoms with Crippen LogP contribution in [0.25, 0.3) is 0 Å². The van der Waals surface area contributed by atoms with Crippen molar-refractivity contribution in [1.82, 2.24) is 0 Å². The van der Waals surface area contributed by atoms with Crippen LogP contribution >= 0.6 is 0 Å². The van der Waals surface area contributed by atoms with Gasteiger partial charge in [-0.3, -0.25) is 4.79 Å². The third-order valence-electron chi connectivity index (χ3n) is 9.04. The summed E-state index contributed by atoms with van der Waals surface area (Å²) in [6.45, 7) is -1.51. The van der Waals surface area contributed by atoms with Crippen molar-refractivity contribution in [2.45, 2.75) is 24.4 Å². The fraction of sp³-hybridized carbons (Fsp3) is 0.122. The van der Waals surface area contributed by atoms with Crippen LogP contribution in [0.4, 0.5) is 0 Å². The largest absolute Gasteiger partial charge is 0.504 e. The zero-order chi connectivity index (χ0) is 49.8. The van der Waals surface area contributed by atoms with Crippen molar-refractivity contribution < 1.29 is 129 Å². The van der Waals surface area contributed by atoms with Crippen LogP contribution in [0, 0.1) is 0 Å². The van der Waals surface area contributed by atoms with Gasteiger partial charge in [0.2, 0.25) is 0 Å². The Morgan fingerprint density at radius 2 is 0.597 bits per heavy atom. The Bertz CT molecular complexity index is 2700. The van der Waals surface area contributed by atoms with Gasteiger partial charge in [0.15, 0.2) is 117 Å². The van der Waals surface area contributed by atoms with Gasteiger partial charge in [-0.15, -0.1) is 0 Å². The van der Waals surface area contributed by atoms with E-state index >= 15 is 0 Å². The molecular weight excluding hydrogens is 908 g/mol. The van der Waals surface area contributed by atoms with Gasteiger partial charge in [0, 0.05) is 0 Å². The monoisotopic (exact) mass is 940 g/mol. The smallest absolute Gasteiger partial charge is 0.339 e. The molecule has 0 heterocycles. The molecule has 4 atom stereocenters. The summed E-state index contributed by atoms with van der Waals surface area (Å²) in [6.07, 6.45) is -11.3. The lowest BCUT2D eigenvalue weighted by atomic mass is 10.0. The minimum Gasteiger partial charge on any atom is -0.504 e. The summed E-state index contributed by atoms with van der Waals surface area (Å²) in [5.41, 5.74) is -4.32. The maximum Gasteiger partial charge on any atom is 0.339 e. The number of carbonyl (C=O) groups excluding carboxylic acids is 6. The van der Waals surface area contributed by atoms with Crippen molar-refractivity contribution in [3.8, 4) is 86.2 Å². The molecule has 0 bridgehead atoms. The molecule has 67 heavy (non-hydrogen) atoms. The molecule has 0 aliphatic rings. The molecule has 0 spiro atoms. The predicted octanol–water partition coefficient (Wildman–Crippen LogP) is 1.53. The van der Waals surface area contributed by atoms with Gasteiger partial charge >= 0.3 is 29.8 Å². The van der Waals surface area contributed by atoms with Crippen LogP contribution in [-0.4, -0.2) is 144 Å². The first-order chi connectivity index (χ1) is 31.4. The minimum absolute atomic E-state index is 0.344. The number of rotatable bonds is 15. The van der Waals surface area contributed by atoms with Crippen molar-refractivity contribution in [2.75, 3.05) is 6.61 Å². The highest BCUT2D eigenvalue weighted by Crippen LogP contribution is 2.40. The van der Waals surface area contributed by atoms with E-state index in [-0.39, 0.29) is 6.29 Å². The van der Waals surface area contributed by atoms with Gasteiger partial charge in [-0.25, -0.2) is 24.0 Å². The Kier molecular flexibility index (Phi) is 13.8. The maximum atomic E-state index is 13.9. The summed E-state index contributed by atoms with van der Waals surface area (Å²) < 4.78 is 26.7. The van der Waals surface area contributed by atoms with Crippen LogP contribution in [0.5, 0.6) is 86.2 Å². The molecule has 0 saturated heterocycles. The van der Waals surface area contributed by atoms with Gasteiger partial charge in [0.25, 0.3) is 0 Å². The second kappa shape index (κ2) is 19.2. The summed E-state index contributed by atoms with van der Waals surface area (Å²) in [5.74, 6) is -25.8. The Morgan fingerprint density at radius 3 is 0.881 bits per heavy atom. The standard InChI is InChI=1S/C41H32O26/c42-11-28(64-38(59)14-3-20(45)31(54)21(46)4-14)35(66-40(61)16-7-24(49)33(56)25(50)8-16)36(67-41(62)17-9-26(51)34(57)27(52)10-17)29(65-39(60)15-5-22(47)32(55)23(48)6-15)12-63-37(58)13-1-18(43)30(53)19(44)2-13/h1-11,28-29,35-36,43-57H,12H2/t28-,29+,35+,36-/m0/s1. The Morgan fingerprint density at radius 1 is 0.358 bits per heavy atom. The number of esters is 5. The number of phenolic OH excluding ortho intramolecular Hbond substituents is 15. The van der Waals surface area contributed by atoms with E-state index in [1.54, 1.807) is 0 Å². The highest BCUT2D eigenvalue weighted by Gasteiger charge is 2.46. The lowest BCUT2D eigenvalue weighted by Gasteiger charge is -2.34. The van der Waals surface area contributed by atoms with E-state index in [9.17, 15) is 105 Å². The van der Waals surface area contributed by atoms with E-state index in [4.69, 9.17) is 23.7 Å². The first kappa shape index (κ1) is 48.2. The van der Waals surface area contributed by atoms with E-state index in [2.05, 4.69) is 0 Å². The summed E-state index contributed by atoms with van der Waals surface area (Å²) in [5, 5.41) is 150. The molecule has 0 saturated carbocycles. The number of phenols is 15. The zero-order valence-corrected chi connectivity index (χ0v) is 33.1. The Labute approximate surface area is 370 Å². The van der Waals surface area contributed by atoms with Gasteiger partial charge in [-0.1, -0.05) is 0 Å². The van der Waals surface area contributed by atoms with E-state index < -0.39 is 175 Å². The molecule has 0 fully saturated rings. The quantitative estimate of drug-likeness (QED) is 0.0306. The SMILES string of the molecule is O=C[C@H](OC(=O)c1cc(O)c(O)c(O)c1)[C@@H](OC(=O)c1cc(O)c(O)c(O)c1)[C@@H](OC(=O)c1cc(O)c(O)c(O)c1)[C@@H](COC(=O)c1cc(O)c(O)c(O)c1)OC(=O)c1cc(O)c(O)c(O)c1. The molecule has 26 nitrogen and oxygen atoms in total. The molecule has 26 heteroatoms. The molecule has 5 aromatic carbocycles. The number of hydrogen-bond donors (Lipinski definition) is 15. The molecule has 15 N–H and O–H groups in total. The van der Waals surface area contributed by atoms with Gasteiger partial charge in [0.1, 0.15) is 6.61 Å². The minimum atomic E-state index is -2.82. The van der Waals surface area contributed by atoms with Crippen LogP contribution in [0.1, 0.15) is 51.8 Å². The molecule has 0 aliphatic carbocycles. The number of benzene rings is 5. The van der Waals surface area contributed by atoms with Crippen LogP contribution < -0.4 is 0 Å². The third kappa shape index (κ3) is 10.5. The van der Waals surface area contributed by atoms with Gasteiger partial charge in [-0.2, -0.15) is 0 Å². The Hall–Kier alpha value is -9.88.